The summed E-state index contributed by atoms with van der Waals surface area (Å²) >= 11 is 0. The molecule has 1 aromatic heterocycles. The maximum Gasteiger partial charge on any atom is 0.132 e. The van der Waals surface area contributed by atoms with E-state index in [4.69, 9.17) is 4.98 Å². The van der Waals surface area contributed by atoms with Crippen LogP contribution in [0.4, 0.5) is 0 Å². The van der Waals surface area contributed by atoms with Gasteiger partial charge in [0, 0.05) is 12.8 Å². The smallest absolute Gasteiger partial charge is 0.132 e. The number of aryl methyl sites for hydroxylation is 3. The van der Waals surface area contributed by atoms with Gasteiger partial charge in [-0.2, -0.15) is 0 Å². The van der Waals surface area contributed by atoms with Crippen molar-refractivity contribution in [3.8, 4) is 0 Å². The Morgan fingerprint density at radius 1 is 0.235 bits per heavy atom. The first kappa shape index (κ1) is 48.0. The van der Waals surface area contributed by atoms with Gasteiger partial charge in [-0.1, -0.05) is 258 Å². The monoisotopic (exact) mass is 712 g/mol. The molecule has 0 amide bonds. The second kappa shape index (κ2) is 40.2. The molecule has 1 rings (SSSR count). The zero-order valence-corrected chi connectivity index (χ0v) is 35.5. The van der Waals surface area contributed by atoms with Crippen molar-refractivity contribution in [2.45, 2.75) is 290 Å². The Morgan fingerprint density at radius 3 is 0.608 bits per heavy atom. The van der Waals surface area contributed by atoms with Crippen LogP contribution in [-0.2, 0) is 12.8 Å². The molecule has 0 atom stereocenters. The summed E-state index contributed by atoms with van der Waals surface area (Å²) in [7, 11) is 0. The van der Waals surface area contributed by atoms with Gasteiger partial charge in [0.15, 0.2) is 0 Å². The Labute approximate surface area is 322 Å². The fourth-order valence-corrected chi connectivity index (χ4v) is 7.90. The fourth-order valence-electron chi connectivity index (χ4n) is 7.90. The average Bonchev–Trinajstić information content (AvgIpc) is 3.13. The van der Waals surface area contributed by atoms with E-state index in [9.17, 15) is 0 Å². The lowest BCUT2D eigenvalue weighted by Crippen LogP contribution is -2.06. The quantitative estimate of drug-likeness (QED) is 0.0634. The first-order valence-corrected chi connectivity index (χ1v) is 24.0. The molecule has 0 saturated carbocycles. The van der Waals surface area contributed by atoms with Gasteiger partial charge in [-0.15, -0.1) is 0 Å². The van der Waals surface area contributed by atoms with E-state index in [1.165, 1.54) is 257 Å². The molecule has 0 aliphatic carbocycles. The van der Waals surface area contributed by atoms with E-state index in [1.54, 1.807) is 0 Å². The van der Waals surface area contributed by atoms with Crippen LogP contribution in [0.1, 0.15) is 288 Å². The third-order valence-electron chi connectivity index (χ3n) is 11.3. The number of nitrogens with zero attached hydrogens (tertiary/aromatic N) is 3. The summed E-state index contributed by atoms with van der Waals surface area (Å²) in [6.07, 6.45) is 59.2. The predicted octanol–water partition coefficient (Wildman–Crippen LogP) is 16.9. The van der Waals surface area contributed by atoms with Crippen LogP contribution in [0.15, 0.2) is 0 Å². The van der Waals surface area contributed by atoms with Crippen LogP contribution in [0, 0.1) is 6.92 Å². The molecule has 0 unspecified atom stereocenters. The van der Waals surface area contributed by atoms with Crippen LogP contribution >= 0.6 is 0 Å². The molecule has 0 fully saturated rings. The summed E-state index contributed by atoms with van der Waals surface area (Å²) in [5.41, 5.74) is 0. The van der Waals surface area contributed by atoms with Gasteiger partial charge in [0.1, 0.15) is 17.5 Å². The molecular formula is C48H93N3. The van der Waals surface area contributed by atoms with Crippen LogP contribution < -0.4 is 0 Å². The highest BCUT2D eigenvalue weighted by Crippen LogP contribution is 2.17. The normalized spacial score (nSPS) is 11.6. The maximum atomic E-state index is 4.85. The molecule has 0 aliphatic rings. The van der Waals surface area contributed by atoms with Gasteiger partial charge in [-0.3, -0.25) is 0 Å². The zero-order chi connectivity index (χ0) is 36.6. The van der Waals surface area contributed by atoms with E-state index in [0.29, 0.717) is 0 Å². The number of hydrogen-bond acceptors (Lipinski definition) is 3. The molecule has 0 N–H and O–H groups in total. The average molecular weight is 712 g/mol. The van der Waals surface area contributed by atoms with E-state index in [2.05, 4.69) is 23.8 Å². The van der Waals surface area contributed by atoms with Gasteiger partial charge in [-0.05, 0) is 19.8 Å². The lowest BCUT2D eigenvalue weighted by Gasteiger charge is -2.06. The molecule has 0 aliphatic heterocycles. The number of rotatable bonds is 42. The summed E-state index contributed by atoms with van der Waals surface area (Å²) in [5.74, 6) is 2.98. The van der Waals surface area contributed by atoms with Gasteiger partial charge in [-0.25, -0.2) is 15.0 Å². The van der Waals surface area contributed by atoms with E-state index in [1.807, 2.05) is 6.92 Å². The summed E-state index contributed by atoms with van der Waals surface area (Å²) in [5, 5.41) is 0. The van der Waals surface area contributed by atoms with Gasteiger partial charge in [0.25, 0.3) is 0 Å². The second-order valence-corrected chi connectivity index (χ2v) is 16.7. The highest BCUT2D eigenvalue weighted by molar-refractivity contribution is 4.96. The summed E-state index contributed by atoms with van der Waals surface area (Å²) in [6, 6.07) is 0. The first-order chi connectivity index (χ1) is 25.3. The lowest BCUT2D eigenvalue weighted by molar-refractivity contribution is 0.520. The molecule has 3 nitrogen and oxygen atoms in total. The highest BCUT2D eigenvalue weighted by Gasteiger charge is 2.05. The van der Waals surface area contributed by atoms with Gasteiger partial charge in [0.2, 0.25) is 0 Å². The van der Waals surface area contributed by atoms with E-state index in [-0.39, 0.29) is 0 Å². The molecular weight excluding hydrogens is 619 g/mol. The Hall–Kier alpha value is -0.990. The van der Waals surface area contributed by atoms with Crippen molar-refractivity contribution in [1.29, 1.82) is 0 Å². The second-order valence-electron chi connectivity index (χ2n) is 16.7. The maximum absolute atomic E-state index is 4.85. The lowest BCUT2D eigenvalue weighted by atomic mass is 10.0. The van der Waals surface area contributed by atoms with Crippen LogP contribution in [-0.4, -0.2) is 15.0 Å². The molecule has 0 bridgehead atoms. The van der Waals surface area contributed by atoms with Crippen molar-refractivity contribution < 1.29 is 0 Å². The first-order valence-electron chi connectivity index (χ1n) is 24.0. The Balaban J connectivity index is 1.85. The Kier molecular flexibility index (Phi) is 37.9. The molecule has 3 heteroatoms. The van der Waals surface area contributed by atoms with Crippen molar-refractivity contribution in [1.82, 2.24) is 15.0 Å². The molecule has 0 radical (unpaired) electrons. The minimum atomic E-state index is 0.913. The Bertz CT molecular complexity index is 745. The minimum Gasteiger partial charge on any atom is -0.218 e. The van der Waals surface area contributed by atoms with Crippen molar-refractivity contribution >= 4 is 0 Å². The summed E-state index contributed by atoms with van der Waals surface area (Å²) < 4.78 is 0. The topological polar surface area (TPSA) is 38.7 Å². The van der Waals surface area contributed by atoms with Crippen LogP contribution in [0.2, 0.25) is 0 Å². The van der Waals surface area contributed by atoms with E-state index < -0.39 is 0 Å². The van der Waals surface area contributed by atoms with Crippen molar-refractivity contribution in [3.63, 3.8) is 0 Å². The molecule has 51 heavy (non-hydrogen) atoms. The molecule has 300 valence electrons. The molecule has 0 saturated heterocycles. The van der Waals surface area contributed by atoms with E-state index >= 15 is 0 Å². The summed E-state index contributed by atoms with van der Waals surface area (Å²) in [4.78, 5) is 14.2. The number of unbranched alkanes of at least 4 members (excludes halogenated alkanes) is 38. The van der Waals surface area contributed by atoms with Crippen LogP contribution in [0.5, 0.6) is 0 Å². The minimum absolute atomic E-state index is 0.913. The SMILES string of the molecule is CCCCCCCCCCCCCCCCCCCCCCc1nc(C)nc(CCCCCCCCCCCCCCCCCCCCCC)n1. The molecule has 1 heterocycles. The standard InChI is InChI=1S/C48H93N3/c1-4-6-8-10-12-14-16-18-20-22-24-26-28-30-32-34-36-38-40-42-44-47-49-46(3)50-48(51-47)45-43-41-39-37-35-33-31-29-27-25-23-21-19-17-15-13-11-9-7-5-2/h4-45H2,1-3H3. The largest absolute Gasteiger partial charge is 0.218 e. The van der Waals surface area contributed by atoms with E-state index in [0.717, 1.165) is 30.3 Å². The van der Waals surface area contributed by atoms with Crippen molar-refractivity contribution in [2.24, 2.45) is 0 Å². The molecule has 1 aromatic rings. The highest BCUT2D eigenvalue weighted by atomic mass is 15.0. The number of aromatic nitrogens is 3. The van der Waals surface area contributed by atoms with Crippen molar-refractivity contribution in [2.75, 3.05) is 0 Å². The van der Waals surface area contributed by atoms with Crippen LogP contribution in [0.25, 0.3) is 0 Å². The number of hydrogen-bond donors (Lipinski definition) is 0. The summed E-state index contributed by atoms with van der Waals surface area (Å²) in [6.45, 7) is 6.66. The fraction of sp³-hybridized carbons (Fsp3) is 0.938. The third kappa shape index (κ3) is 35.8. The molecule has 0 aromatic carbocycles. The molecule has 0 spiro atoms. The Morgan fingerprint density at radius 2 is 0.412 bits per heavy atom. The zero-order valence-electron chi connectivity index (χ0n) is 35.5. The van der Waals surface area contributed by atoms with Gasteiger partial charge in [0.05, 0.1) is 0 Å². The van der Waals surface area contributed by atoms with Gasteiger partial charge < -0.3 is 0 Å². The van der Waals surface area contributed by atoms with Gasteiger partial charge >= 0.3 is 0 Å². The predicted molar refractivity (Wildman–Crippen MR) is 228 cm³/mol. The van der Waals surface area contributed by atoms with Crippen molar-refractivity contribution in [3.05, 3.63) is 17.5 Å². The van der Waals surface area contributed by atoms with Crippen LogP contribution in [0.3, 0.4) is 0 Å². The third-order valence-corrected chi connectivity index (χ3v) is 11.3.